The molecule has 1 saturated carbocycles. The van der Waals surface area contributed by atoms with Gasteiger partial charge in [0.2, 0.25) is 0 Å². The first-order chi connectivity index (χ1) is 9.94. The third-order valence-electron chi connectivity index (χ3n) is 5.37. The largest absolute Gasteiger partial charge is 0.316 e. The Morgan fingerprint density at radius 3 is 2.86 bits per heavy atom. The van der Waals surface area contributed by atoms with E-state index in [2.05, 4.69) is 62.6 Å². The minimum atomic E-state index is 0.426. The van der Waals surface area contributed by atoms with Crippen LogP contribution in [0.5, 0.6) is 0 Å². The fourth-order valence-electron chi connectivity index (χ4n) is 4.03. The summed E-state index contributed by atoms with van der Waals surface area (Å²) in [5, 5.41) is 5.79. The van der Waals surface area contributed by atoms with E-state index < -0.39 is 0 Å². The van der Waals surface area contributed by atoms with Gasteiger partial charge in [0.1, 0.15) is 0 Å². The zero-order valence-electron chi connectivity index (χ0n) is 14.4. The molecule has 1 aliphatic rings. The van der Waals surface area contributed by atoms with Crippen LogP contribution in [0.4, 0.5) is 0 Å². The first kappa shape index (κ1) is 17.0. The van der Waals surface area contributed by atoms with E-state index in [1.54, 1.807) is 0 Å². The lowest BCUT2D eigenvalue weighted by Crippen LogP contribution is -2.52. The van der Waals surface area contributed by atoms with Gasteiger partial charge < -0.3 is 10.2 Å². The van der Waals surface area contributed by atoms with Crippen LogP contribution in [-0.2, 0) is 6.42 Å². The Hall–Kier alpha value is -0.380. The van der Waals surface area contributed by atoms with Crippen molar-refractivity contribution in [2.24, 2.45) is 11.3 Å². The molecule has 120 valence electrons. The first-order valence-electron chi connectivity index (χ1n) is 8.34. The van der Waals surface area contributed by atoms with Crippen LogP contribution in [0.3, 0.4) is 0 Å². The van der Waals surface area contributed by atoms with Crippen molar-refractivity contribution in [3.63, 3.8) is 0 Å². The predicted octanol–water partition coefficient (Wildman–Crippen LogP) is 4.03. The van der Waals surface area contributed by atoms with Crippen molar-refractivity contribution in [3.05, 3.63) is 22.4 Å². The molecule has 0 saturated heterocycles. The fraction of sp³-hybridized carbons (Fsp3) is 0.778. The van der Waals surface area contributed by atoms with Crippen LogP contribution in [0.1, 0.15) is 44.9 Å². The number of likely N-dealkylation sites (N-methyl/N-ethyl adjacent to an activating group) is 1. The van der Waals surface area contributed by atoms with Crippen molar-refractivity contribution in [3.8, 4) is 0 Å². The summed E-state index contributed by atoms with van der Waals surface area (Å²) < 4.78 is 0. The third-order valence-corrected chi connectivity index (χ3v) is 6.27. The number of rotatable bonds is 6. The van der Waals surface area contributed by atoms with Crippen LogP contribution in [-0.4, -0.2) is 37.6 Å². The first-order valence-corrected chi connectivity index (χ1v) is 9.22. The molecule has 1 N–H and O–H groups in total. The Balaban J connectivity index is 1.92. The van der Waals surface area contributed by atoms with Crippen LogP contribution in [0.25, 0.3) is 0 Å². The van der Waals surface area contributed by atoms with Crippen LogP contribution in [0.15, 0.2) is 17.5 Å². The average Bonchev–Trinajstić information content (AvgIpc) is 2.90. The maximum Gasteiger partial charge on any atom is 0.0156 e. The summed E-state index contributed by atoms with van der Waals surface area (Å²) >= 11 is 1.88. The van der Waals surface area contributed by atoms with Crippen molar-refractivity contribution in [1.82, 2.24) is 10.2 Å². The third kappa shape index (κ3) is 4.30. The van der Waals surface area contributed by atoms with Crippen molar-refractivity contribution in [1.29, 1.82) is 0 Å². The molecule has 1 aromatic heterocycles. The molecular formula is C18H32N2S. The van der Waals surface area contributed by atoms with Crippen molar-refractivity contribution in [2.75, 3.05) is 20.6 Å². The molecule has 2 nitrogen and oxygen atoms in total. The minimum absolute atomic E-state index is 0.426. The molecule has 21 heavy (non-hydrogen) atoms. The Morgan fingerprint density at radius 2 is 2.24 bits per heavy atom. The van der Waals surface area contributed by atoms with E-state index in [4.69, 9.17) is 0 Å². The van der Waals surface area contributed by atoms with Gasteiger partial charge in [-0.25, -0.2) is 0 Å². The quantitative estimate of drug-likeness (QED) is 0.853. The molecule has 0 aromatic carbocycles. The molecule has 0 radical (unpaired) electrons. The Bertz CT molecular complexity index is 413. The summed E-state index contributed by atoms with van der Waals surface area (Å²) in [5.74, 6) is 0.773. The van der Waals surface area contributed by atoms with E-state index in [1.807, 2.05) is 11.3 Å². The predicted molar refractivity (Wildman–Crippen MR) is 94.1 cm³/mol. The number of hydrogen-bond donors (Lipinski definition) is 1. The summed E-state index contributed by atoms with van der Waals surface area (Å²) in [6.07, 6.45) is 5.27. The molecule has 0 amide bonds. The summed E-state index contributed by atoms with van der Waals surface area (Å²) in [7, 11) is 4.44. The SMILES string of the molecule is CNC1C(CN(C)C(C)Cc2cccs2)CCCC1(C)C. The number of nitrogens with one attached hydrogen (secondary N) is 1. The van der Waals surface area contributed by atoms with E-state index in [1.165, 1.54) is 37.1 Å². The summed E-state index contributed by atoms with van der Waals surface area (Å²) in [4.78, 5) is 4.07. The molecule has 0 spiro atoms. The van der Waals surface area contributed by atoms with Crippen molar-refractivity contribution in [2.45, 2.75) is 58.5 Å². The Kier molecular flexibility index (Phi) is 5.87. The van der Waals surface area contributed by atoms with Crippen LogP contribution in [0.2, 0.25) is 0 Å². The molecule has 1 aromatic rings. The van der Waals surface area contributed by atoms with E-state index in [0.29, 0.717) is 17.5 Å². The van der Waals surface area contributed by atoms with E-state index in [-0.39, 0.29) is 0 Å². The number of hydrogen-bond acceptors (Lipinski definition) is 3. The molecule has 0 bridgehead atoms. The lowest BCUT2D eigenvalue weighted by atomic mass is 9.68. The van der Waals surface area contributed by atoms with Crippen LogP contribution < -0.4 is 5.32 Å². The fourth-order valence-corrected chi connectivity index (χ4v) is 4.86. The van der Waals surface area contributed by atoms with Crippen molar-refractivity contribution < 1.29 is 0 Å². The second-order valence-corrected chi connectivity index (χ2v) is 8.51. The average molecular weight is 309 g/mol. The van der Waals surface area contributed by atoms with Crippen molar-refractivity contribution >= 4 is 11.3 Å². The van der Waals surface area contributed by atoms with Gasteiger partial charge in [-0.15, -0.1) is 11.3 Å². The van der Waals surface area contributed by atoms with E-state index in [0.717, 1.165) is 5.92 Å². The lowest BCUT2D eigenvalue weighted by Gasteiger charge is -2.45. The number of thiophene rings is 1. The normalized spacial score (nSPS) is 27.0. The standard InChI is InChI=1S/C18H32N2S/c1-14(12-16-9-7-11-21-16)20(5)13-15-8-6-10-18(2,3)17(15)19-4/h7,9,11,14-15,17,19H,6,8,10,12-13H2,1-5H3. The Labute approximate surface area is 134 Å². The lowest BCUT2D eigenvalue weighted by molar-refractivity contribution is 0.0810. The van der Waals surface area contributed by atoms with Crippen LogP contribution >= 0.6 is 11.3 Å². The van der Waals surface area contributed by atoms with Gasteiger partial charge in [0.25, 0.3) is 0 Å². The van der Waals surface area contributed by atoms with Gasteiger partial charge in [0.15, 0.2) is 0 Å². The van der Waals surface area contributed by atoms with Gasteiger partial charge in [-0.05, 0) is 63.1 Å². The molecule has 3 atom stereocenters. The molecule has 2 rings (SSSR count). The monoisotopic (exact) mass is 308 g/mol. The second-order valence-electron chi connectivity index (χ2n) is 7.48. The Morgan fingerprint density at radius 1 is 1.48 bits per heavy atom. The topological polar surface area (TPSA) is 15.3 Å². The molecule has 3 heteroatoms. The second kappa shape index (κ2) is 7.26. The van der Waals surface area contributed by atoms with E-state index >= 15 is 0 Å². The molecule has 0 aliphatic heterocycles. The van der Waals surface area contributed by atoms with Gasteiger partial charge in [-0.2, -0.15) is 0 Å². The highest BCUT2D eigenvalue weighted by Gasteiger charge is 2.38. The maximum absolute atomic E-state index is 3.61. The molecule has 1 heterocycles. The highest BCUT2D eigenvalue weighted by atomic mass is 32.1. The zero-order valence-corrected chi connectivity index (χ0v) is 15.2. The molecule has 1 aliphatic carbocycles. The van der Waals surface area contributed by atoms with Gasteiger partial charge in [0.05, 0.1) is 0 Å². The summed E-state index contributed by atoms with van der Waals surface area (Å²) in [6, 6.07) is 5.68. The highest BCUT2D eigenvalue weighted by molar-refractivity contribution is 7.09. The molecule has 1 fully saturated rings. The zero-order chi connectivity index (χ0) is 15.5. The summed E-state index contributed by atoms with van der Waals surface area (Å²) in [5.41, 5.74) is 0.426. The van der Waals surface area contributed by atoms with Gasteiger partial charge >= 0.3 is 0 Å². The smallest absolute Gasteiger partial charge is 0.0156 e. The van der Waals surface area contributed by atoms with E-state index in [9.17, 15) is 0 Å². The van der Waals surface area contributed by atoms with Gasteiger partial charge in [-0.3, -0.25) is 0 Å². The molecular weight excluding hydrogens is 276 g/mol. The maximum atomic E-state index is 3.61. The number of nitrogens with zero attached hydrogens (tertiary/aromatic N) is 1. The highest BCUT2D eigenvalue weighted by Crippen LogP contribution is 2.39. The van der Waals surface area contributed by atoms with Gasteiger partial charge in [-0.1, -0.05) is 26.3 Å². The molecule has 3 unspecified atom stereocenters. The van der Waals surface area contributed by atoms with Crippen LogP contribution in [0, 0.1) is 11.3 Å². The minimum Gasteiger partial charge on any atom is -0.316 e. The van der Waals surface area contributed by atoms with Gasteiger partial charge in [0, 0.05) is 23.5 Å². The summed E-state index contributed by atoms with van der Waals surface area (Å²) in [6.45, 7) is 8.42.